The summed E-state index contributed by atoms with van der Waals surface area (Å²) in [5.41, 5.74) is 0. The highest BCUT2D eigenvalue weighted by molar-refractivity contribution is 5.70. The van der Waals surface area contributed by atoms with E-state index in [2.05, 4.69) is 98.9 Å². The lowest BCUT2D eigenvalue weighted by Gasteiger charge is -2.34. The number of unbranched alkanes of at least 4 members (excludes halogenated alkanes) is 11. The van der Waals surface area contributed by atoms with E-state index in [4.69, 9.17) is 14.2 Å². The number of ether oxygens (including phenoxy) is 3. The lowest BCUT2D eigenvalue weighted by Crippen LogP contribution is -2.55. The Morgan fingerprint density at radius 2 is 0.983 bits per heavy atom. The third kappa shape index (κ3) is 38.1. The van der Waals surface area contributed by atoms with Crippen LogP contribution in [0.15, 0.2) is 85.1 Å². The van der Waals surface area contributed by atoms with Gasteiger partial charge in [-0.05, 0) is 83.5 Å². The molecule has 0 rings (SSSR count). The molecule has 8 nitrogen and oxygen atoms in total. The van der Waals surface area contributed by atoms with Crippen LogP contribution in [-0.2, 0) is 28.6 Å². The van der Waals surface area contributed by atoms with Crippen LogP contribution < -0.4 is 5.11 Å². The van der Waals surface area contributed by atoms with E-state index in [1.807, 2.05) is 0 Å². The van der Waals surface area contributed by atoms with Gasteiger partial charge < -0.3 is 28.6 Å². The minimum Gasteiger partial charge on any atom is -0.544 e. The first kappa shape index (κ1) is 54.5. The number of aliphatic carboxylic acids is 1. The molecule has 0 fully saturated rings. The predicted octanol–water partition coefficient (Wildman–Crippen LogP) is 11.2. The van der Waals surface area contributed by atoms with Crippen LogP contribution in [0.4, 0.5) is 0 Å². The molecule has 0 saturated heterocycles. The van der Waals surface area contributed by atoms with Crippen LogP contribution in [0, 0.1) is 0 Å². The molecule has 0 aliphatic heterocycles. The Labute approximate surface area is 354 Å². The second kappa shape index (κ2) is 40.3. The molecule has 0 aromatic heterocycles. The van der Waals surface area contributed by atoms with Crippen molar-refractivity contribution in [3.05, 3.63) is 85.1 Å². The first-order valence-electron chi connectivity index (χ1n) is 22.6. The van der Waals surface area contributed by atoms with Gasteiger partial charge >= 0.3 is 11.9 Å². The standard InChI is InChI=1S/C50H83NO7/c1-6-8-10-12-14-16-18-20-22-24-26-28-30-32-34-36-38-40-48(52)57-45-46(44-56-43-42-47(50(54)55)51(3,4)5)58-49(53)41-39-37-35-33-31-29-27-25-23-21-19-17-15-13-11-9-7-2/h8,10,14-17,20-23,26,28,32,34,46-47H,6-7,9,11-13,18-19,24-25,27,29-31,33,35-45H2,1-5H3/b10-8+,16-14+,17-15+,22-20+,23-21+,28-26+,34-32+. The lowest BCUT2D eigenvalue weighted by molar-refractivity contribution is -0.889. The van der Waals surface area contributed by atoms with Crippen LogP contribution >= 0.6 is 0 Å². The van der Waals surface area contributed by atoms with Crippen molar-refractivity contribution in [2.24, 2.45) is 0 Å². The highest BCUT2D eigenvalue weighted by Gasteiger charge is 2.25. The summed E-state index contributed by atoms with van der Waals surface area (Å²) in [5, 5.41) is 11.6. The van der Waals surface area contributed by atoms with Crippen molar-refractivity contribution in [1.29, 1.82) is 0 Å². The van der Waals surface area contributed by atoms with Crippen LogP contribution in [0.25, 0.3) is 0 Å². The van der Waals surface area contributed by atoms with Crippen molar-refractivity contribution in [2.75, 3.05) is 41.0 Å². The fraction of sp³-hybridized carbons (Fsp3) is 0.660. The highest BCUT2D eigenvalue weighted by atomic mass is 16.6. The maximum atomic E-state index is 12.7. The molecule has 0 radical (unpaired) electrons. The van der Waals surface area contributed by atoms with Gasteiger partial charge in [0.05, 0.1) is 40.3 Å². The molecule has 0 saturated carbocycles. The first-order chi connectivity index (χ1) is 28.1. The fourth-order valence-electron chi connectivity index (χ4n) is 6.02. The number of carboxylic acids is 1. The van der Waals surface area contributed by atoms with Crippen molar-refractivity contribution in [3.8, 4) is 0 Å². The number of carbonyl (C=O) groups excluding carboxylic acids is 3. The van der Waals surface area contributed by atoms with Gasteiger partial charge in [0.1, 0.15) is 12.6 Å². The largest absolute Gasteiger partial charge is 0.544 e. The van der Waals surface area contributed by atoms with E-state index in [0.717, 1.165) is 77.0 Å². The molecule has 0 aromatic rings. The van der Waals surface area contributed by atoms with E-state index in [-0.39, 0.29) is 49.1 Å². The molecular formula is C50H83NO7. The van der Waals surface area contributed by atoms with Crippen LogP contribution in [-0.4, -0.2) is 75.5 Å². The van der Waals surface area contributed by atoms with Crippen molar-refractivity contribution in [3.63, 3.8) is 0 Å². The van der Waals surface area contributed by atoms with Gasteiger partial charge in [0.2, 0.25) is 0 Å². The normalized spacial score (nSPS) is 13.7. The Hall–Kier alpha value is -3.49. The Morgan fingerprint density at radius 1 is 0.534 bits per heavy atom. The van der Waals surface area contributed by atoms with Crippen LogP contribution in [0.5, 0.6) is 0 Å². The monoisotopic (exact) mass is 810 g/mol. The van der Waals surface area contributed by atoms with Crippen LogP contribution in [0.3, 0.4) is 0 Å². The summed E-state index contributed by atoms with van der Waals surface area (Å²) in [5.74, 6) is -1.83. The number of rotatable bonds is 39. The molecule has 0 bridgehead atoms. The maximum Gasteiger partial charge on any atom is 0.306 e. The summed E-state index contributed by atoms with van der Waals surface area (Å²) in [6.45, 7) is 4.44. The predicted molar refractivity (Wildman–Crippen MR) is 240 cm³/mol. The molecule has 0 aliphatic rings. The van der Waals surface area contributed by atoms with Gasteiger partial charge in [0.15, 0.2) is 6.10 Å². The number of hydrogen-bond donors (Lipinski definition) is 0. The number of likely N-dealkylation sites (N-methyl/N-ethyl adjacent to an activating group) is 1. The van der Waals surface area contributed by atoms with Crippen molar-refractivity contribution in [2.45, 2.75) is 174 Å². The molecule has 0 aromatic carbocycles. The summed E-state index contributed by atoms with van der Waals surface area (Å²) in [7, 11) is 5.38. The first-order valence-corrected chi connectivity index (χ1v) is 22.6. The Kier molecular flexibility index (Phi) is 37.9. The second-order valence-electron chi connectivity index (χ2n) is 15.9. The average Bonchev–Trinajstić information content (AvgIpc) is 3.18. The van der Waals surface area contributed by atoms with Gasteiger partial charge in [0.25, 0.3) is 0 Å². The van der Waals surface area contributed by atoms with Gasteiger partial charge in [-0.1, -0.05) is 144 Å². The van der Waals surface area contributed by atoms with Crippen LogP contribution in [0.1, 0.15) is 162 Å². The quantitative estimate of drug-likeness (QED) is 0.0264. The lowest BCUT2D eigenvalue weighted by atomic mass is 10.1. The van der Waals surface area contributed by atoms with Crippen molar-refractivity contribution >= 4 is 17.9 Å². The molecule has 0 heterocycles. The third-order valence-corrected chi connectivity index (χ3v) is 9.52. The number of carboxylic acid groups (broad SMARTS) is 1. The number of quaternary nitrogens is 1. The summed E-state index contributed by atoms with van der Waals surface area (Å²) >= 11 is 0. The SMILES string of the molecule is CC/C=C/C/C=C/C/C=C/C/C=C/C/C=C/CCCC(=O)OCC(COCCC(C(=O)[O-])[N+](C)(C)C)OC(=O)CCCCCCCCC/C=C/C/C=C/CCCCC. The molecular weight excluding hydrogens is 727 g/mol. The number of hydrogen-bond acceptors (Lipinski definition) is 7. The molecule has 0 spiro atoms. The Morgan fingerprint density at radius 3 is 1.48 bits per heavy atom. The zero-order chi connectivity index (χ0) is 42.8. The highest BCUT2D eigenvalue weighted by Crippen LogP contribution is 2.13. The van der Waals surface area contributed by atoms with Crippen molar-refractivity contribution < 1.29 is 38.2 Å². The zero-order valence-corrected chi connectivity index (χ0v) is 37.4. The number of nitrogens with zero attached hydrogens (tertiary/aromatic N) is 1. The molecule has 330 valence electrons. The second-order valence-corrected chi connectivity index (χ2v) is 15.9. The Balaban J connectivity index is 4.45. The van der Waals surface area contributed by atoms with Crippen LogP contribution in [0.2, 0.25) is 0 Å². The maximum absolute atomic E-state index is 12.7. The molecule has 8 heteroatoms. The molecule has 58 heavy (non-hydrogen) atoms. The van der Waals surface area contributed by atoms with Crippen molar-refractivity contribution in [1.82, 2.24) is 0 Å². The molecule has 0 N–H and O–H groups in total. The van der Waals surface area contributed by atoms with Gasteiger partial charge in [-0.15, -0.1) is 0 Å². The number of esters is 2. The summed E-state index contributed by atoms with van der Waals surface area (Å²) in [6, 6.07) is -0.740. The topological polar surface area (TPSA) is 102 Å². The summed E-state index contributed by atoms with van der Waals surface area (Å²) in [6.07, 6.45) is 51.8. The minimum atomic E-state index is -1.14. The van der Waals surface area contributed by atoms with Gasteiger partial charge in [-0.3, -0.25) is 9.59 Å². The average molecular weight is 810 g/mol. The van der Waals surface area contributed by atoms with E-state index in [0.29, 0.717) is 12.8 Å². The zero-order valence-electron chi connectivity index (χ0n) is 37.4. The van der Waals surface area contributed by atoms with E-state index in [1.165, 1.54) is 44.9 Å². The van der Waals surface area contributed by atoms with Gasteiger partial charge in [-0.25, -0.2) is 0 Å². The molecule has 2 unspecified atom stereocenters. The number of allylic oxidation sites excluding steroid dienone is 14. The van der Waals surface area contributed by atoms with E-state index in [1.54, 1.807) is 21.1 Å². The summed E-state index contributed by atoms with van der Waals surface area (Å²) in [4.78, 5) is 36.9. The molecule has 0 aliphatic carbocycles. The summed E-state index contributed by atoms with van der Waals surface area (Å²) < 4.78 is 17.1. The smallest absolute Gasteiger partial charge is 0.306 e. The fourth-order valence-corrected chi connectivity index (χ4v) is 6.02. The van der Waals surface area contributed by atoms with E-state index in [9.17, 15) is 19.5 Å². The minimum absolute atomic E-state index is 0.0148. The van der Waals surface area contributed by atoms with E-state index >= 15 is 0 Å². The number of carbonyl (C=O) groups is 3. The van der Waals surface area contributed by atoms with Gasteiger partial charge in [-0.2, -0.15) is 0 Å². The third-order valence-electron chi connectivity index (χ3n) is 9.52. The molecule has 0 amide bonds. The van der Waals surface area contributed by atoms with Gasteiger partial charge in [0, 0.05) is 19.3 Å². The van der Waals surface area contributed by atoms with E-state index < -0.39 is 18.1 Å². The molecule has 2 atom stereocenters. The Bertz CT molecular complexity index is 1220.